The third-order valence-corrected chi connectivity index (χ3v) is 3.80. The Labute approximate surface area is 120 Å². The number of hydrogen-bond donors (Lipinski definition) is 2. The highest BCUT2D eigenvalue weighted by Gasteiger charge is 2.22. The van der Waals surface area contributed by atoms with Crippen LogP contribution in [0.3, 0.4) is 0 Å². The summed E-state index contributed by atoms with van der Waals surface area (Å²) in [6.07, 6.45) is 3.06. The van der Waals surface area contributed by atoms with Gasteiger partial charge in [-0.2, -0.15) is 5.10 Å². The first-order valence-corrected chi connectivity index (χ1v) is 7.21. The Kier molecular flexibility index (Phi) is 4.65. The van der Waals surface area contributed by atoms with Gasteiger partial charge in [-0.3, -0.25) is 9.48 Å². The Balaban J connectivity index is 2.08. The SMILES string of the molecule is Cc1nn(C)c(N(C)C)c1CNC1CCCCNC1=O. The fraction of sp³-hybridized carbons (Fsp3) is 0.714. The highest BCUT2D eigenvalue weighted by molar-refractivity contribution is 5.81. The molecule has 1 aromatic heterocycles. The van der Waals surface area contributed by atoms with E-state index in [9.17, 15) is 4.79 Å². The summed E-state index contributed by atoms with van der Waals surface area (Å²) in [5, 5.41) is 10.8. The highest BCUT2D eigenvalue weighted by Crippen LogP contribution is 2.21. The summed E-state index contributed by atoms with van der Waals surface area (Å²) in [5.41, 5.74) is 2.17. The van der Waals surface area contributed by atoms with Crippen molar-refractivity contribution in [3.63, 3.8) is 0 Å². The van der Waals surface area contributed by atoms with Crippen molar-refractivity contribution in [2.45, 2.75) is 38.8 Å². The zero-order chi connectivity index (χ0) is 14.7. The molecule has 2 rings (SSSR count). The van der Waals surface area contributed by atoms with E-state index in [-0.39, 0.29) is 11.9 Å². The number of carbonyl (C=O) groups is 1. The zero-order valence-electron chi connectivity index (χ0n) is 12.9. The fourth-order valence-electron chi connectivity index (χ4n) is 2.82. The number of amides is 1. The van der Waals surface area contributed by atoms with Gasteiger partial charge >= 0.3 is 0 Å². The van der Waals surface area contributed by atoms with Crippen LogP contribution in [-0.2, 0) is 18.4 Å². The van der Waals surface area contributed by atoms with Crippen molar-refractivity contribution < 1.29 is 4.79 Å². The van der Waals surface area contributed by atoms with Gasteiger partial charge in [-0.1, -0.05) is 0 Å². The van der Waals surface area contributed by atoms with Crippen LogP contribution in [0.2, 0.25) is 0 Å². The Hall–Kier alpha value is -1.56. The summed E-state index contributed by atoms with van der Waals surface area (Å²) in [6.45, 7) is 3.48. The number of aryl methyl sites for hydroxylation is 2. The van der Waals surface area contributed by atoms with Gasteiger partial charge < -0.3 is 15.5 Å². The molecule has 1 fully saturated rings. The van der Waals surface area contributed by atoms with Crippen molar-refractivity contribution in [2.24, 2.45) is 7.05 Å². The molecular formula is C14H25N5O. The van der Waals surface area contributed by atoms with Crippen LogP contribution in [-0.4, -0.2) is 42.4 Å². The van der Waals surface area contributed by atoms with Gasteiger partial charge in [-0.05, 0) is 26.2 Å². The maximum absolute atomic E-state index is 11.9. The predicted octanol–water partition coefficient (Wildman–Crippen LogP) is 0.553. The van der Waals surface area contributed by atoms with E-state index < -0.39 is 0 Å². The normalized spacial score (nSPS) is 19.6. The van der Waals surface area contributed by atoms with Crippen molar-refractivity contribution in [1.29, 1.82) is 0 Å². The average Bonchev–Trinajstić information content (AvgIpc) is 2.54. The van der Waals surface area contributed by atoms with E-state index in [0.717, 1.165) is 42.9 Å². The van der Waals surface area contributed by atoms with Crippen LogP contribution < -0.4 is 15.5 Å². The van der Waals surface area contributed by atoms with Gasteiger partial charge in [0.25, 0.3) is 0 Å². The van der Waals surface area contributed by atoms with Crippen LogP contribution >= 0.6 is 0 Å². The smallest absolute Gasteiger partial charge is 0.237 e. The van der Waals surface area contributed by atoms with E-state index >= 15 is 0 Å². The minimum atomic E-state index is -0.0906. The third-order valence-electron chi connectivity index (χ3n) is 3.80. The molecule has 2 N–H and O–H groups in total. The van der Waals surface area contributed by atoms with Crippen molar-refractivity contribution >= 4 is 11.7 Å². The molecule has 1 aromatic rings. The molecule has 6 heteroatoms. The minimum absolute atomic E-state index is 0.0906. The lowest BCUT2D eigenvalue weighted by molar-refractivity contribution is -0.122. The molecule has 0 radical (unpaired) electrons. The maximum Gasteiger partial charge on any atom is 0.237 e. The molecule has 1 unspecified atom stereocenters. The minimum Gasteiger partial charge on any atom is -0.363 e. The Morgan fingerprint density at radius 2 is 2.20 bits per heavy atom. The van der Waals surface area contributed by atoms with Gasteiger partial charge in [0.2, 0.25) is 5.91 Å². The molecule has 6 nitrogen and oxygen atoms in total. The second-order valence-corrected chi connectivity index (χ2v) is 5.63. The predicted molar refractivity (Wildman–Crippen MR) is 79.8 cm³/mol. The molecule has 112 valence electrons. The average molecular weight is 279 g/mol. The van der Waals surface area contributed by atoms with Gasteiger partial charge in [0.05, 0.1) is 11.7 Å². The second kappa shape index (κ2) is 6.26. The molecule has 1 aliphatic rings. The number of aromatic nitrogens is 2. The zero-order valence-corrected chi connectivity index (χ0v) is 12.9. The molecule has 1 aliphatic heterocycles. The number of nitrogens with zero attached hydrogens (tertiary/aromatic N) is 3. The molecule has 20 heavy (non-hydrogen) atoms. The molecule has 0 bridgehead atoms. The summed E-state index contributed by atoms with van der Waals surface area (Å²) >= 11 is 0. The fourth-order valence-corrected chi connectivity index (χ4v) is 2.82. The van der Waals surface area contributed by atoms with E-state index in [2.05, 4.69) is 20.6 Å². The van der Waals surface area contributed by atoms with E-state index in [0.29, 0.717) is 6.54 Å². The summed E-state index contributed by atoms with van der Waals surface area (Å²) < 4.78 is 1.89. The van der Waals surface area contributed by atoms with Crippen LogP contribution in [0.4, 0.5) is 5.82 Å². The van der Waals surface area contributed by atoms with Gasteiger partial charge in [0.15, 0.2) is 0 Å². The van der Waals surface area contributed by atoms with Gasteiger partial charge in [0, 0.05) is 39.8 Å². The van der Waals surface area contributed by atoms with Gasteiger partial charge in [0.1, 0.15) is 5.82 Å². The van der Waals surface area contributed by atoms with Crippen LogP contribution in [0.1, 0.15) is 30.5 Å². The number of carbonyl (C=O) groups excluding carboxylic acids is 1. The molecule has 1 saturated heterocycles. The number of hydrogen-bond acceptors (Lipinski definition) is 4. The first-order chi connectivity index (χ1) is 9.50. The summed E-state index contributed by atoms with van der Waals surface area (Å²) in [7, 11) is 5.97. The lowest BCUT2D eigenvalue weighted by Crippen LogP contribution is -2.42. The van der Waals surface area contributed by atoms with E-state index in [4.69, 9.17) is 0 Å². The Morgan fingerprint density at radius 1 is 1.45 bits per heavy atom. The molecule has 1 atom stereocenters. The summed E-state index contributed by atoms with van der Waals surface area (Å²) in [6, 6.07) is -0.0906. The topological polar surface area (TPSA) is 62.2 Å². The van der Waals surface area contributed by atoms with Crippen LogP contribution in [0.25, 0.3) is 0 Å². The van der Waals surface area contributed by atoms with Gasteiger partial charge in [-0.15, -0.1) is 0 Å². The molecule has 0 aliphatic carbocycles. The molecule has 2 heterocycles. The Bertz CT molecular complexity index is 480. The third kappa shape index (κ3) is 3.12. The van der Waals surface area contributed by atoms with Crippen molar-refractivity contribution in [1.82, 2.24) is 20.4 Å². The van der Waals surface area contributed by atoms with E-state index in [1.165, 1.54) is 0 Å². The monoisotopic (exact) mass is 279 g/mol. The number of rotatable bonds is 4. The maximum atomic E-state index is 11.9. The van der Waals surface area contributed by atoms with Crippen molar-refractivity contribution in [3.8, 4) is 0 Å². The molecule has 1 amide bonds. The van der Waals surface area contributed by atoms with Gasteiger partial charge in [-0.25, -0.2) is 0 Å². The first-order valence-electron chi connectivity index (χ1n) is 7.21. The quantitative estimate of drug-likeness (QED) is 0.845. The van der Waals surface area contributed by atoms with E-state index in [1.54, 1.807) is 0 Å². The second-order valence-electron chi connectivity index (χ2n) is 5.63. The Morgan fingerprint density at radius 3 is 2.90 bits per heavy atom. The van der Waals surface area contributed by atoms with Crippen LogP contribution in [0.15, 0.2) is 0 Å². The molecule has 0 saturated carbocycles. The molecular weight excluding hydrogens is 254 g/mol. The highest BCUT2D eigenvalue weighted by atomic mass is 16.2. The van der Waals surface area contributed by atoms with Crippen LogP contribution in [0.5, 0.6) is 0 Å². The van der Waals surface area contributed by atoms with Crippen molar-refractivity contribution in [3.05, 3.63) is 11.3 Å². The number of nitrogens with one attached hydrogen (secondary N) is 2. The van der Waals surface area contributed by atoms with E-state index in [1.807, 2.05) is 32.7 Å². The van der Waals surface area contributed by atoms with Crippen LogP contribution in [0, 0.1) is 6.92 Å². The largest absolute Gasteiger partial charge is 0.363 e. The molecule has 0 aromatic carbocycles. The molecule has 0 spiro atoms. The van der Waals surface area contributed by atoms with Crippen molar-refractivity contribution in [2.75, 3.05) is 25.5 Å². The number of anilines is 1. The first kappa shape index (κ1) is 14.8. The summed E-state index contributed by atoms with van der Waals surface area (Å²) in [5.74, 6) is 1.21. The lowest BCUT2D eigenvalue weighted by atomic mass is 10.1. The lowest BCUT2D eigenvalue weighted by Gasteiger charge is -2.18. The summed E-state index contributed by atoms with van der Waals surface area (Å²) in [4.78, 5) is 14.0. The standard InChI is InChI=1S/C14H25N5O/c1-10-11(14(18(2)3)19(4)17-10)9-16-12-7-5-6-8-15-13(12)20/h12,16H,5-9H2,1-4H3,(H,15,20).